The highest BCUT2D eigenvalue weighted by Gasteiger charge is 1.94. The summed E-state index contributed by atoms with van der Waals surface area (Å²) in [5.41, 5.74) is 4.92. The molecule has 38 valence electrons. The van der Waals surface area contributed by atoms with Gasteiger partial charge in [-0.05, 0) is 0 Å². The first-order valence-corrected chi connectivity index (χ1v) is 1.75. The van der Waals surface area contributed by atoms with Crippen LogP contribution in [0.15, 0.2) is 6.20 Å². The molecule has 0 saturated heterocycles. The average molecular weight is 101 g/mol. The molecule has 1 rings (SSSR count). The van der Waals surface area contributed by atoms with E-state index in [1.54, 1.807) is 0 Å². The molecule has 0 atom stereocenters. The lowest BCUT2D eigenvalue weighted by atomic mass is 10.6. The molecule has 1 aromatic rings. The largest absolute Gasteiger partial charge is 0.380 e. The summed E-state index contributed by atoms with van der Waals surface area (Å²) in [5.74, 6) is -0.583. The summed E-state index contributed by atoms with van der Waals surface area (Å²) in [6, 6.07) is 0. The van der Waals surface area contributed by atoms with Crippen LogP contribution >= 0.6 is 0 Å². The third-order valence-corrected chi connectivity index (χ3v) is 0.621. The van der Waals surface area contributed by atoms with Gasteiger partial charge in [0, 0.05) is 0 Å². The molecular weight excluding hydrogens is 97.1 g/mol. The Balaban J connectivity index is 3.12. The van der Waals surface area contributed by atoms with Crippen molar-refractivity contribution in [2.75, 3.05) is 5.73 Å². The van der Waals surface area contributed by atoms with Crippen molar-refractivity contribution in [3.05, 3.63) is 12.0 Å². The molecule has 4 heteroatoms. The lowest BCUT2D eigenvalue weighted by Gasteiger charge is -1.73. The Bertz CT molecular complexity index is 142. The van der Waals surface area contributed by atoms with Crippen LogP contribution < -0.4 is 5.73 Å². The van der Waals surface area contributed by atoms with E-state index in [0.717, 1.165) is 6.20 Å². The Labute approximate surface area is 39.3 Å². The molecule has 7 heavy (non-hydrogen) atoms. The maximum Gasteiger partial charge on any atom is 0.184 e. The van der Waals surface area contributed by atoms with E-state index >= 15 is 0 Å². The van der Waals surface area contributed by atoms with Crippen LogP contribution in [0.4, 0.5) is 10.2 Å². The quantitative estimate of drug-likeness (QED) is 0.488. The Kier molecular flexibility index (Phi) is 0.714. The summed E-state index contributed by atoms with van der Waals surface area (Å²) in [6.45, 7) is 0. The van der Waals surface area contributed by atoms with E-state index in [2.05, 4.69) is 10.2 Å². The minimum absolute atomic E-state index is 0.0833. The van der Waals surface area contributed by atoms with Crippen molar-refractivity contribution in [2.45, 2.75) is 0 Å². The number of anilines is 1. The molecule has 0 fully saturated rings. The first-order valence-electron chi connectivity index (χ1n) is 1.75. The summed E-state index contributed by atoms with van der Waals surface area (Å²) in [5, 5.41) is 5.54. The summed E-state index contributed by atoms with van der Waals surface area (Å²) < 4.78 is 11.9. The Morgan fingerprint density at radius 3 is 2.71 bits per heavy atom. The average Bonchev–Trinajstić information content (AvgIpc) is 1.91. The zero-order valence-corrected chi connectivity index (χ0v) is 3.48. The summed E-state index contributed by atoms with van der Waals surface area (Å²) >= 11 is 0. The van der Waals surface area contributed by atoms with Crippen molar-refractivity contribution in [3.63, 3.8) is 0 Å². The third kappa shape index (κ3) is 0.534. The molecule has 0 spiro atoms. The van der Waals surface area contributed by atoms with Crippen LogP contribution in [0.3, 0.4) is 0 Å². The highest BCUT2D eigenvalue weighted by Crippen LogP contribution is 1.99. The van der Waals surface area contributed by atoms with Gasteiger partial charge in [0.05, 0.1) is 6.20 Å². The van der Waals surface area contributed by atoms with E-state index in [4.69, 9.17) is 5.73 Å². The van der Waals surface area contributed by atoms with Crippen molar-refractivity contribution in [2.24, 2.45) is 0 Å². The standard InChI is InChI=1S/C3H4FN3/c4-2-1-6-7-3(2)5/h1H,(H3,5,6,7). The number of halogens is 1. The summed E-state index contributed by atoms with van der Waals surface area (Å²) in [6.07, 6.45) is 1.09. The van der Waals surface area contributed by atoms with Gasteiger partial charge in [-0.1, -0.05) is 0 Å². The second kappa shape index (κ2) is 1.22. The SMILES string of the molecule is Nc1n[nH]cc1F. The smallest absolute Gasteiger partial charge is 0.184 e. The molecule has 0 aliphatic rings. The van der Waals surface area contributed by atoms with Crippen LogP contribution in [0, 0.1) is 5.82 Å². The molecule has 0 unspecified atom stereocenters. The first-order chi connectivity index (χ1) is 3.30. The molecule has 0 radical (unpaired) electrons. The number of hydrogen-bond acceptors (Lipinski definition) is 2. The zero-order chi connectivity index (χ0) is 5.28. The number of nitrogens with zero attached hydrogens (tertiary/aromatic N) is 1. The van der Waals surface area contributed by atoms with Gasteiger partial charge < -0.3 is 5.73 Å². The number of aromatic amines is 1. The molecule has 1 heterocycles. The number of nitrogens with one attached hydrogen (secondary N) is 1. The molecule has 0 aliphatic carbocycles. The number of aromatic nitrogens is 2. The van der Waals surface area contributed by atoms with Crippen LogP contribution in [0.25, 0.3) is 0 Å². The highest BCUT2D eigenvalue weighted by atomic mass is 19.1. The summed E-state index contributed by atoms with van der Waals surface area (Å²) in [7, 11) is 0. The molecule has 3 nitrogen and oxygen atoms in total. The first kappa shape index (κ1) is 4.11. The fraction of sp³-hybridized carbons (Fsp3) is 0. The molecule has 0 aromatic carbocycles. The van der Waals surface area contributed by atoms with E-state index in [0.29, 0.717) is 0 Å². The van der Waals surface area contributed by atoms with Gasteiger partial charge in [-0.25, -0.2) is 4.39 Å². The Morgan fingerprint density at radius 2 is 2.57 bits per heavy atom. The fourth-order valence-electron chi connectivity index (χ4n) is 0.286. The van der Waals surface area contributed by atoms with Gasteiger partial charge in [0.25, 0.3) is 0 Å². The van der Waals surface area contributed by atoms with Gasteiger partial charge in [-0.15, -0.1) is 0 Å². The van der Waals surface area contributed by atoms with Gasteiger partial charge in [-0.3, -0.25) is 5.10 Å². The van der Waals surface area contributed by atoms with E-state index in [9.17, 15) is 4.39 Å². The maximum absolute atomic E-state index is 11.9. The number of nitrogen functional groups attached to an aromatic ring is 1. The molecule has 0 amide bonds. The van der Waals surface area contributed by atoms with Gasteiger partial charge >= 0.3 is 0 Å². The van der Waals surface area contributed by atoms with Crippen LogP contribution in [-0.2, 0) is 0 Å². The molecule has 0 bridgehead atoms. The van der Waals surface area contributed by atoms with Crippen LogP contribution in [-0.4, -0.2) is 10.2 Å². The van der Waals surface area contributed by atoms with E-state index in [1.807, 2.05) is 0 Å². The normalized spacial score (nSPS) is 9.29. The van der Waals surface area contributed by atoms with Gasteiger partial charge in [-0.2, -0.15) is 5.10 Å². The topological polar surface area (TPSA) is 54.7 Å². The molecule has 1 aromatic heterocycles. The van der Waals surface area contributed by atoms with Crippen LogP contribution in [0.5, 0.6) is 0 Å². The van der Waals surface area contributed by atoms with Crippen molar-refractivity contribution >= 4 is 5.82 Å². The molecular formula is C3H4FN3. The number of rotatable bonds is 0. The van der Waals surface area contributed by atoms with Gasteiger partial charge in [0.2, 0.25) is 0 Å². The van der Waals surface area contributed by atoms with Gasteiger partial charge in [0.15, 0.2) is 11.6 Å². The second-order valence-corrected chi connectivity index (χ2v) is 1.12. The van der Waals surface area contributed by atoms with Crippen LogP contribution in [0.1, 0.15) is 0 Å². The zero-order valence-electron chi connectivity index (χ0n) is 3.48. The minimum atomic E-state index is -0.500. The number of H-pyrrole nitrogens is 1. The van der Waals surface area contributed by atoms with Crippen LogP contribution in [0.2, 0.25) is 0 Å². The minimum Gasteiger partial charge on any atom is -0.380 e. The predicted molar refractivity (Wildman–Crippen MR) is 23.0 cm³/mol. The number of nitrogens with two attached hydrogens (primary N) is 1. The monoisotopic (exact) mass is 101 g/mol. The second-order valence-electron chi connectivity index (χ2n) is 1.12. The summed E-state index contributed by atoms with van der Waals surface area (Å²) in [4.78, 5) is 0. The molecule has 3 N–H and O–H groups in total. The third-order valence-electron chi connectivity index (χ3n) is 0.621. The predicted octanol–water partition coefficient (Wildman–Crippen LogP) is 0.131. The van der Waals surface area contributed by atoms with Crippen molar-refractivity contribution in [3.8, 4) is 0 Å². The lowest BCUT2D eigenvalue weighted by molar-refractivity contribution is 0.633. The van der Waals surface area contributed by atoms with E-state index in [1.165, 1.54) is 0 Å². The van der Waals surface area contributed by atoms with E-state index < -0.39 is 5.82 Å². The van der Waals surface area contributed by atoms with Crippen molar-refractivity contribution < 1.29 is 4.39 Å². The van der Waals surface area contributed by atoms with Crippen molar-refractivity contribution in [1.82, 2.24) is 10.2 Å². The lowest BCUT2D eigenvalue weighted by Crippen LogP contribution is -1.85. The van der Waals surface area contributed by atoms with E-state index in [-0.39, 0.29) is 5.82 Å². The Morgan fingerprint density at radius 1 is 1.86 bits per heavy atom. The number of hydrogen-bond donors (Lipinski definition) is 2. The van der Waals surface area contributed by atoms with Crippen molar-refractivity contribution in [1.29, 1.82) is 0 Å². The highest BCUT2D eigenvalue weighted by molar-refractivity contribution is 5.25. The molecule has 0 saturated carbocycles. The molecule has 0 aliphatic heterocycles. The van der Waals surface area contributed by atoms with Gasteiger partial charge in [0.1, 0.15) is 0 Å². The Hall–Kier alpha value is -1.06. The maximum atomic E-state index is 11.9. The fourth-order valence-corrected chi connectivity index (χ4v) is 0.286.